The molecule has 0 spiro atoms. The van der Waals surface area contributed by atoms with E-state index < -0.39 is 0 Å². The maximum atomic E-state index is 12.7. The first-order valence-electron chi connectivity index (χ1n) is 7.90. The Hall–Kier alpha value is -2.81. The minimum atomic E-state index is -0.203. The van der Waals surface area contributed by atoms with E-state index in [0.717, 1.165) is 26.2 Å². The monoisotopic (exact) mass is 327 g/mol. The van der Waals surface area contributed by atoms with Crippen LogP contribution in [-0.4, -0.2) is 50.9 Å². The molecule has 1 saturated heterocycles. The number of aryl methyl sites for hydroxylation is 1. The van der Waals surface area contributed by atoms with Crippen molar-refractivity contribution in [3.63, 3.8) is 0 Å². The molecule has 0 saturated carbocycles. The van der Waals surface area contributed by atoms with Gasteiger partial charge in [0.1, 0.15) is 11.2 Å². The van der Waals surface area contributed by atoms with Crippen LogP contribution in [0, 0.1) is 0 Å². The number of hydrogen-bond donors (Lipinski definition) is 1. The number of anilines is 1. The van der Waals surface area contributed by atoms with E-state index in [1.54, 1.807) is 12.4 Å². The van der Waals surface area contributed by atoms with E-state index in [1.165, 1.54) is 6.39 Å². The number of rotatable bonds is 3. The van der Waals surface area contributed by atoms with Crippen LogP contribution in [0.5, 0.6) is 0 Å². The summed E-state index contributed by atoms with van der Waals surface area (Å²) in [6.45, 7) is 6.16. The minimum Gasteiger partial charge on any atom is -0.423 e. The zero-order chi connectivity index (χ0) is 16.5. The number of pyridine rings is 1. The molecule has 4 heterocycles. The van der Waals surface area contributed by atoms with Gasteiger partial charge >= 0.3 is 0 Å². The Morgan fingerprint density at radius 3 is 2.88 bits per heavy atom. The van der Waals surface area contributed by atoms with E-state index in [9.17, 15) is 4.79 Å². The Morgan fingerprint density at radius 2 is 2.17 bits per heavy atom. The average molecular weight is 327 g/mol. The van der Waals surface area contributed by atoms with Crippen LogP contribution < -0.4 is 15.6 Å². The Balaban J connectivity index is 1.88. The van der Waals surface area contributed by atoms with Gasteiger partial charge in [-0.3, -0.25) is 4.79 Å². The first-order valence-corrected chi connectivity index (χ1v) is 7.90. The fraction of sp³-hybridized carbons (Fsp3) is 0.400. The molecule has 124 valence electrons. The molecule has 0 unspecified atom stereocenters. The molecule has 9 nitrogen and oxygen atoms in total. The van der Waals surface area contributed by atoms with Crippen molar-refractivity contribution in [2.45, 2.75) is 13.5 Å². The highest BCUT2D eigenvalue weighted by Crippen LogP contribution is 2.18. The highest BCUT2D eigenvalue weighted by molar-refractivity contribution is 5.79. The van der Waals surface area contributed by atoms with Crippen molar-refractivity contribution in [3.8, 4) is 11.5 Å². The van der Waals surface area contributed by atoms with E-state index in [4.69, 9.17) is 4.42 Å². The van der Waals surface area contributed by atoms with E-state index >= 15 is 0 Å². The molecule has 0 atom stereocenters. The fourth-order valence-electron chi connectivity index (χ4n) is 2.86. The normalized spacial score (nSPS) is 15.1. The van der Waals surface area contributed by atoms with Gasteiger partial charge in [-0.25, -0.2) is 4.98 Å². The predicted molar refractivity (Wildman–Crippen MR) is 87.8 cm³/mol. The topological polar surface area (TPSA) is 102 Å². The minimum absolute atomic E-state index is 0.203. The molecule has 0 aromatic carbocycles. The second-order valence-corrected chi connectivity index (χ2v) is 5.55. The van der Waals surface area contributed by atoms with Crippen molar-refractivity contribution in [2.24, 2.45) is 0 Å². The summed E-state index contributed by atoms with van der Waals surface area (Å²) in [6, 6.07) is 0. The molecule has 3 aromatic rings. The Kier molecular flexibility index (Phi) is 3.69. The summed E-state index contributed by atoms with van der Waals surface area (Å²) in [6.07, 6.45) is 4.51. The predicted octanol–water partition coefficient (Wildman–Crippen LogP) is 0.271. The lowest BCUT2D eigenvalue weighted by Gasteiger charge is -2.27. The lowest BCUT2D eigenvalue weighted by atomic mass is 10.2. The summed E-state index contributed by atoms with van der Waals surface area (Å²) in [7, 11) is 0. The van der Waals surface area contributed by atoms with Gasteiger partial charge in [0.2, 0.25) is 17.8 Å². The molecule has 1 aliphatic heterocycles. The smallest absolute Gasteiger partial charge is 0.252 e. The molecule has 1 fully saturated rings. The van der Waals surface area contributed by atoms with Crippen molar-refractivity contribution in [3.05, 3.63) is 29.0 Å². The van der Waals surface area contributed by atoms with Gasteiger partial charge in [-0.05, 0) is 6.92 Å². The van der Waals surface area contributed by atoms with Crippen LogP contribution >= 0.6 is 0 Å². The van der Waals surface area contributed by atoms with Crippen molar-refractivity contribution >= 4 is 17.0 Å². The molecule has 0 radical (unpaired) electrons. The Labute approximate surface area is 137 Å². The van der Waals surface area contributed by atoms with Gasteiger partial charge in [-0.1, -0.05) is 0 Å². The summed E-state index contributed by atoms with van der Waals surface area (Å²) < 4.78 is 7.08. The third-order valence-electron chi connectivity index (χ3n) is 4.13. The van der Waals surface area contributed by atoms with Gasteiger partial charge in [0.25, 0.3) is 5.89 Å². The quantitative estimate of drug-likeness (QED) is 0.731. The molecule has 9 heteroatoms. The van der Waals surface area contributed by atoms with Gasteiger partial charge in [0, 0.05) is 45.1 Å². The van der Waals surface area contributed by atoms with Gasteiger partial charge in [-0.2, -0.15) is 4.98 Å². The van der Waals surface area contributed by atoms with Crippen molar-refractivity contribution in [1.29, 1.82) is 0 Å². The fourth-order valence-corrected chi connectivity index (χ4v) is 2.86. The molecule has 0 bridgehead atoms. The number of hydrogen-bond acceptors (Lipinski definition) is 8. The number of fused-ring (bicyclic) bond motifs is 1. The maximum Gasteiger partial charge on any atom is 0.252 e. The summed E-state index contributed by atoms with van der Waals surface area (Å²) in [4.78, 5) is 23.9. The van der Waals surface area contributed by atoms with Gasteiger partial charge in [0.15, 0.2) is 0 Å². The summed E-state index contributed by atoms with van der Waals surface area (Å²) in [5.74, 6) is 0.853. The molecule has 0 amide bonds. The average Bonchev–Trinajstić information content (AvgIpc) is 3.17. The first-order chi connectivity index (χ1) is 11.8. The third kappa shape index (κ3) is 2.42. The van der Waals surface area contributed by atoms with Crippen LogP contribution in [-0.2, 0) is 6.54 Å². The first kappa shape index (κ1) is 14.8. The molecule has 1 aliphatic rings. The Morgan fingerprint density at radius 1 is 1.33 bits per heavy atom. The molecule has 1 N–H and O–H groups in total. The van der Waals surface area contributed by atoms with Crippen LogP contribution in [0.4, 0.5) is 5.95 Å². The number of nitrogens with one attached hydrogen (secondary N) is 1. The Bertz CT molecular complexity index is 913. The number of piperazine rings is 1. The highest BCUT2D eigenvalue weighted by Gasteiger charge is 2.18. The lowest BCUT2D eigenvalue weighted by molar-refractivity contribution is 0.567. The summed E-state index contributed by atoms with van der Waals surface area (Å²) in [5.41, 5.74) is 0.778. The third-order valence-corrected chi connectivity index (χ3v) is 4.13. The van der Waals surface area contributed by atoms with E-state index in [-0.39, 0.29) is 11.3 Å². The van der Waals surface area contributed by atoms with Crippen LogP contribution in [0.15, 0.2) is 28.0 Å². The van der Waals surface area contributed by atoms with E-state index in [2.05, 4.69) is 30.4 Å². The van der Waals surface area contributed by atoms with E-state index in [0.29, 0.717) is 29.1 Å². The van der Waals surface area contributed by atoms with E-state index in [1.807, 2.05) is 11.5 Å². The summed E-state index contributed by atoms with van der Waals surface area (Å²) >= 11 is 0. The van der Waals surface area contributed by atoms with Crippen molar-refractivity contribution in [2.75, 3.05) is 31.1 Å². The number of aromatic nitrogens is 5. The highest BCUT2D eigenvalue weighted by atomic mass is 16.4. The zero-order valence-electron chi connectivity index (χ0n) is 13.3. The molecular weight excluding hydrogens is 310 g/mol. The van der Waals surface area contributed by atoms with Crippen LogP contribution in [0.1, 0.15) is 6.92 Å². The van der Waals surface area contributed by atoms with Crippen LogP contribution in [0.2, 0.25) is 0 Å². The van der Waals surface area contributed by atoms with Gasteiger partial charge < -0.3 is 19.2 Å². The zero-order valence-corrected chi connectivity index (χ0v) is 13.3. The molecular formula is C15H17N7O2. The van der Waals surface area contributed by atoms with Gasteiger partial charge in [0.05, 0.1) is 5.39 Å². The largest absolute Gasteiger partial charge is 0.423 e. The molecule has 3 aromatic heterocycles. The van der Waals surface area contributed by atoms with Crippen LogP contribution in [0.25, 0.3) is 22.5 Å². The van der Waals surface area contributed by atoms with Crippen LogP contribution in [0.3, 0.4) is 0 Å². The molecule has 4 rings (SSSR count). The SMILES string of the molecule is CCn1cc(-c2nnco2)c(=O)c2cnc(N3CCNCC3)nc21. The summed E-state index contributed by atoms with van der Waals surface area (Å²) in [5, 5.41) is 11.2. The van der Waals surface area contributed by atoms with Crippen molar-refractivity contribution < 1.29 is 4.42 Å². The second kappa shape index (κ2) is 6.00. The standard InChI is InChI=1S/C15H17N7O2/c1-2-21-8-11(14-20-18-9-24-14)12(23)10-7-17-15(19-13(10)21)22-5-3-16-4-6-22/h7-9,16H,2-6H2,1H3. The maximum absolute atomic E-state index is 12.7. The molecule has 24 heavy (non-hydrogen) atoms. The lowest BCUT2D eigenvalue weighted by Crippen LogP contribution is -2.44. The molecule has 0 aliphatic carbocycles. The number of nitrogens with zero attached hydrogens (tertiary/aromatic N) is 6. The van der Waals surface area contributed by atoms with Gasteiger partial charge in [-0.15, -0.1) is 10.2 Å². The second-order valence-electron chi connectivity index (χ2n) is 5.55. The van der Waals surface area contributed by atoms with Crippen molar-refractivity contribution in [1.82, 2.24) is 30.0 Å².